The van der Waals surface area contributed by atoms with Crippen molar-refractivity contribution in [1.29, 1.82) is 0 Å². The smallest absolute Gasteiger partial charge is 0.310 e. The Hall–Kier alpha value is -3.95. The number of pyridine rings is 2. The minimum atomic E-state index is -4.66. The summed E-state index contributed by atoms with van der Waals surface area (Å²) in [6.07, 6.45) is -6.30. The lowest BCUT2D eigenvalue weighted by Crippen LogP contribution is -2.07. The van der Waals surface area contributed by atoms with Gasteiger partial charge in [-0.2, -0.15) is 36.5 Å². The van der Waals surface area contributed by atoms with Gasteiger partial charge in [-0.1, -0.05) is 6.92 Å². The molecule has 0 aliphatic rings. The molecule has 0 bridgehead atoms. The highest BCUT2D eigenvalue weighted by Gasteiger charge is 2.34. The molecule has 0 saturated carbocycles. The van der Waals surface area contributed by atoms with Crippen LogP contribution in [-0.4, -0.2) is 48.1 Å². The zero-order valence-corrected chi connectivity index (χ0v) is 19.7. The summed E-state index contributed by atoms with van der Waals surface area (Å²) in [5.74, 6) is -0.380. The molecule has 0 amide bonds. The first kappa shape index (κ1) is 24.7. The van der Waals surface area contributed by atoms with Crippen molar-refractivity contribution in [3.8, 4) is 17.2 Å². The molecule has 9 nitrogen and oxygen atoms in total. The van der Waals surface area contributed by atoms with Gasteiger partial charge in [0, 0.05) is 19.4 Å². The molecule has 0 atom stereocenters. The highest BCUT2D eigenvalue weighted by Crippen LogP contribution is 2.35. The Labute approximate surface area is 203 Å². The first-order valence-corrected chi connectivity index (χ1v) is 12.1. The fraction of sp³-hybridized carbons (Fsp3) is 0.238. The molecule has 5 rings (SSSR count). The molecule has 0 aromatic carbocycles. The molecule has 0 saturated heterocycles. The van der Waals surface area contributed by atoms with Crippen LogP contribution >= 0.6 is 0 Å². The average molecular weight is 543 g/mol. The zero-order chi connectivity index (χ0) is 26.9. The van der Waals surface area contributed by atoms with E-state index in [0.717, 1.165) is 27.5 Å². The van der Waals surface area contributed by atoms with Crippen LogP contribution in [0.4, 0.5) is 26.3 Å². The van der Waals surface area contributed by atoms with Crippen molar-refractivity contribution in [2.45, 2.75) is 24.2 Å². The van der Waals surface area contributed by atoms with Gasteiger partial charge in [-0.05, 0) is 24.3 Å². The van der Waals surface area contributed by atoms with Crippen molar-refractivity contribution >= 4 is 26.5 Å². The largest absolute Gasteiger partial charge is 0.435 e. The van der Waals surface area contributed by atoms with Gasteiger partial charge in [-0.15, -0.1) is 0 Å². The minimum Gasteiger partial charge on any atom is -0.310 e. The fourth-order valence-corrected chi connectivity index (χ4v) is 5.01. The number of aryl methyl sites for hydroxylation is 1. The van der Waals surface area contributed by atoms with E-state index in [0.29, 0.717) is 6.20 Å². The Morgan fingerprint density at radius 2 is 1.73 bits per heavy atom. The predicted octanol–water partition coefficient (Wildman–Crippen LogP) is 4.30. The van der Waals surface area contributed by atoms with Gasteiger partial charge in [0.25, 0.3) is 0 Å². The van der Waals surface area contributed by atoms with Crippen LogP contribution in [0, 0.1) is 0 Å². The van der Waals surface area contributed by atoms with Crippen LogP contribution in [-0.2, 0) is 29.2 Å². The summed E-state index contributed by atoms with van der Waals surface area (Å²) >= 11 is 0. The minimum absolute atomic E-state index is 0.0578. The van der Waals surface area contributed by atoms with E-state index in [1.807, 2.05) is 0 Å². The predicted molar refractivity (Wildman–Crippen MR) is 118 cm³/mol. The van der Waals surface area contributed by atoms with E-state index < -0.39 is 33.4 Å². The molecule has 5 aromatic heterocycles. The molecule has 0 unspecified atom stereocenters. The maximum absolute atomic E-state index is 13.2. The van der Waals surface area contributed by atoms with E-state index in [2.05, 4.69) is 20.2 Å². The van der Waals surface area contributed by atoms with Crippen LogP contribution in [0.5, 0.6) is 0 Å². The molecule has 37 heavy (non-hydrogen) atoms. The van der Waals surface area contributed by atoms with Gasteiger partial charge in [0.05, 0.1) is 28.7 Å². The second-order valence-electron chi connectivity index (χ2n) is 8.00. The van der Waals surface area contributed by atoms with Crippen LogP contribution in [0.3, 0.4) is 0 Å². The molecule has 0 aliphatic heterocycles. The summed E-state index contributed by atoms with van der Waals surface area (Å²) < 4.78 is 108. The van der Waals surface area contributed by atoms with Crippen molar-refractivity contribution in [3.63, 3.8) is 0 Å². The third kappa shape index (κ3) is 4.10. The lowest BCUT2D eigenvalue weighted by molar-refractivity contribution is -0.141. The zero-order valence-electron chi connectivity index (χ0n) is 18.9. The summed E-state index contributed by atoms with van der Waals surface area (Å²) in [5, 5.41) is 7.80. The van der Waals surface area contributed by atoms with Crippen molar-refractivity contribution < 1.29 is 34.8 Å². The van der Waals surface area contributed by atoms with Gasteiger partial charge in [0.2, 0.25) is 0 Å². The maximum Gasteiger partial charge on any atom is 0.435 e. The molecule has 5 aromatic rings. The lowest BCUT2D eigenvalue weighted by atomic mass is 10.2. The van der Waals surface area contributed by atoms with Gasteiger partial charge in [-0.25, -0.2) is 27.6 Å². The number of sulfone groups is 1. The highest BCUT2D eigenvalue weighted by molar-refractivity contribution is 7.91. The lowest BCUT2D eigenvalue weighted by Gasteiger charge is -2.05. The van der Waals surface area contributed by atoms with Crippen LogP contribution in [0.15, 0.2) is 47.8 Å². The number of hydrogen-bond donors (Lipinski definition) is 0. The van der Waals surface area contributed by atoms with Crippen molar-refractivity contribution in [2.75, 3.05) is 5.75 Å². The normalized spacial score (nSPS) is 13.2. The number of rotatable bonds is 4. The Kier molecular flexibility index (Phi) is 5.36. The molecular weight excluding hydrogens is 528 g/mol. The van der Waals surface area contributed by atoms with E-state index in [9.17, 15) is 34.8 Å². The number of fused-ring (bicyclic) bond motifs is 2. The Balaban J connectivity index is 1.73. The molecule has 194 valence electrons. The van der Waals surface area contributed by atoms with E-state index in [4.69, 9.17) is 0 Å². The average Bonchev–Trinajstić information content (AvgIpc) is 3.53. The third-order valence-electron chi connectivity index (χ3n) is 5.65. The number of aromatic nitrogens is 7. The third-order valence-corrected chi connectivity index (χ3v) is 7.44. The molecule has 0 radical (unpaired) electrons. The van der Waals surface area contributed by atoms with E-state index in [1.54, 1.807) is 0 Å². The molecule has 0 N–H and O–H groups in total. The second kappa shape index (κ2) is 8.03. The molecule has 0 spiro atoms. The summed E-state index contributed by atoms with van der Waals surface area (Å²) in [5.41, 5.74) is -2.10. The van der Waals surface area contributed by atoms with Crippen molar-refractivity contribution in [2.24, 2.45) is 7.05 Å². The van der Waals surface area contributed by atoms with E-state index >= 15 is 0 Å². The summed E-state index contributed by atoms with van der Waals surface area (Å²) in [6.45, 7) is 1.41. The molecule has 0 fully saturated rings. The Morgan fingerprint density at radius 1 is 1.00 bits per heavy atom. The number of nitrogens with zero attached hydrogens (tertiary/aromatic N) is 7. The van der Waals surface area contributed by atoms with E-state index in [1.165, 1.54) is 36.9 Å². The number of alkyl halides is 6. The fourth-order valence-electron chi connectivity index (χ4n) is 3.81. The van der Waals surface area contributed by atoms with E-state index in [-0.39, 0.29) is 44.5 Å². The second-order valence-corrected chi connectivity index (χ2v) is 10.2. The summed E-state index contributed by atoms with van der Waals surface area (Å²) in [4.78, 5) is 7.79. The summed E-state index contributed by atoms with van der Waals surface area (Å²) in [7, 11) is -2.50. The van der Waals surface area contributed by atoms with Gasteiger partial charge >= 0.3 is 12.4 Å². The van der Waals surface area contributed by atoms with Gasteiger partial charge in [0.15, 0.2) is 27.0 Å². The van der Waals surface area contributed by atoms with Crippen LogP contribution in [0.1, 0.15) is 18.2 Å². The quantitative estimate of drug-likeness (QED) is 0.314. The van der Waals surface area contributed by atoms with Crippen LogP contribution in [0.25, 0.3) is 33.9 Å². The molecule has 0 aliphatic carbocycles. The SMILES string of the molecule is CCS(=O)(=O)c1c(-c2nc3cc(C(F)(F)F)cnc3n2C)nn2cc(-n3ccc(C(F)(F)F)n3)ccc12. The van der Waals surface area contributed by atoms with Gasteiger partial charge in [-0.3, -0.25) is 0 Å². The van der Waals surface area contributed by atoms with Crippen molar-refractivity contribution in [3.05, 3.63) is 54.1 Å². The van der Waals surface area contributed by atoms with Gasteiger partial charge < -0.3 is 4.57 Å². The molecule has 16 heteroatoms. The topological polar surface area (TPSA) is 100.0 Å². The van der Waals surface area contributed by atoms with Gasteiger partial charge in [0.1, 0.15) is 16.1 Å². The number of imidazole rings is 1. The van der Waals surface area contributed by atoms with Crippen LogP contribution < -0.4 is 0 Å². The van der Waals surface area contributed by atoms with Crippen LogP contribution in [0.2, 0.25) is 0 Å². The Bertz CT molecular complexity index is 1780. The first-order valence-electron chi connectivity index (χ1n) is 10.5. The number of hydrogen-bond acceptors (Lipinski definition) is 6. The Morgan fingerprint density at radius 3 is 2.35 bits per heavy atom. The summed E-state index contributed by atoms with van der Waals surface area (Å²) in [6, 6.07) is 4.30. The van der Waals surface area contributed by atoms with Crippen molar-refractivity contribution in [1.82, 2.24) is 33.9 Å². The highest BCUT2D eigenvalue weighted by atomic mass is 32.2. The molecule has 5 heterocycles. The molecular formula is C21H15F6N7O2S. The monoisotopic (exact) mass is 543 g/mol. The number of halogens is 6. The first-order chi connectivity index (χ1) is 17.2. The maximum atomic E-state index is 13.2. The standard InChI is InChI=1S/C21H15F6N7O2S/c1-3-37(35,36)17-14-5-4-12(33-7-6-15(30-33)21(25,26)27)10-34(14)31-16(17)19-29-13-8-11(20(22,23)24)9-28-18(13)32(19)2/h4-10H,3H2,1-2H3.